The number of aromatic nitrogens is 1. The van der Waals surface area contributed by atoms with E-state index in [9.17, 15) is 14.4 Å². The summed E-state index contributed by atoms with van der Waals surface area (Å²) in [7, 11) is 0. The molecule has 2 heterocycles. The Morgan fingerprint density at radius 2 is 1.75 bits per heavy atom. The van der Waals surface area contributed by atoms with Crippen molar-refractivity contribution < 1.29 is 14.4 Å². The molecule has 1 aliphatic rings. The van der Waals surface area contributed by atoms with E-state index in [-0.39, 0.29) is 17.0 Å². The minimum absolute atomic E-state index is 0.203. The number of amides is 3. The lowest BCUT2D eigenvalue weighted by atomic mass is 10.1. The Balaban J connectivity index is 1.56. The first kappa shape index (κ1) is 17.9. The second-order valence-corrected chi connectivity index (χ2v) is 6.66. The number of pyridine rings is 1. The van der Waals surface area contributed by atoms with E-state index in [0.717, 1.165) is 10.5 Å². The summed E-state index contributed by atoms with van der Waals surface area (Å²) in [4.78, 5) is 42.9. The summed E-state index contributed by atoms with van der Waals surface area (Å²) in [6, 6.07) is 14.5. The molecule has 0 bridgehead atoms. The Bertz CT molecular complexity index is 1080. The van der Waals surface area contributed by atoms with Gasteiger partial charge in [-0.25, -0.2) is 4.90 Å². The van der Waals surface area contributed by atoms with Crippen LogP contribution in [0.15, 0.2) is 67.0 Å². The van der Waals surface area contributed by atoms with Crippen molar-refractivity contribution in [3.8, 4) is 0 Å². The molecule has 1 aliphatic heterocycles. The van der Waals surface area contributed by atoms with Gasteiger partial charge >= 0.3 is 0 Å². The molecular weight excluding hydrogens is 378 g/mol. The van der Waals surface area contributed by atoms with E-state index >= 15 is 0 Å². The Morgan fingerprint density at radius 3 is 2.46 bits per heavy atom. The highest BCUT2D eigenvalue weighted by atomic mass is 35.5. The first-order valence-corrected chi connectivity index (χ1v) is 8.88. The first-order chi connectivity index (χ1) is 13.5. The maximum absolute atomic E-state index is 12.8. The van der Waals surface area contributed by atoms with Gasteiger partial charge in [0.25, 0.3) is 17.7 Å². The molecule has 138 valence electrons. The van der Waals surface area contributed by atoms with Gasteiger partial charge in [-0.2, -0.15) is 0 Å². The van der Waals surface area contributed by atoms with Gasteiger partial charge in [0, 0.05) is 29.5 Å². The van der Waals surface area contributed by atoms with Crippen molar-refractivity contribution in [2.45, 2.75) is 6.54 Å². The molecule has 3 aromatic rings. The smallest absolute Gasteiger partial charge is 0.266 e. The second-order valence-electron chi connectivity index (χ2n) is 6.23. The van der Waals surface area contributed by atoms with Gasteiger partial charge in [0.15, 0.2) is 0 Å². The molecule has 3 amide bonds. The first-order valence-electron chi connectivity index (χ1n) is 8.50. The standard InChI is InChI=1S/C21H14ClN3O3/c22-15-4-6-16(7-5-15)25-20(27)17-8-3-14(10-18(17)21(25)28)19(26)24-12-13-2-1-9-23-11-13/h1-11H,12H2,(H,24,26). The Hall–Kier alpha value is -3.51. The monoisotopic (exact) mass is 391 g/mol. The molecule has 6 nitrogen and oxygen atoms in total. The van der Waals surface area contributed by atoms with Crippen LogP contribution in [0.3, 0.4) is 0 Å². The van der Waals surface area contributed by atoms with E-state index in [1.54, 1.807) is 42.7 Å². The number of carbonyl (C=O) groups excluding carboxylic acids is 3. The number of halogens is 1. The van der Waals surface area contributed by atoms with Crippen LogP contribution in [0.4, 0.5) is 5.69 Å². The van der Waals surface area contributed by atoms with Gasteiger partial charge in [-0.05, 0) is 54.1 Å². The molecule has 7 heteroatoms. The van der Waals surface area contributed by atoms with Gasteiger partial charge in [-0.1, -0.05) is 17.7 Å². The highest BCUT2D eigenvalue weighted by Gasteiger charge is 2.37. The minimum Gasteiger partial charge on any atom is -0.348 e. The average molecular weight is 392 g/mol. The molecule has 0 spiro atoms. The van der Waals surface area contributed by atoms with E-state index in [0.29, 0.717) is 22.8 Å². The van der Waals surface area contributed by atoms with Crippen LogP contribution in [0.2, 0.25) is 5.02 Å². The molecule has 2 aromatic carbocycles. The molecule has 0 atom stereocenters. The third-order valence-corrected chi connectivity index (χ3v) is 4.66. The number of hydrogen-bond acceptors (Lipinski definition) is 4. The molecule has 0 unspecified atom stereocenters. The summed E-state index contributed by atoms with van der Waals surface area (Å²) in [5, 5.41) is 3.29. The van der Waals surface area contributed by atoms with Gasteiger partial charge in [0.05, 0.1) is 16.8 Å². The topological polar surface area (TPSA) is 79.4 Å². The predicted octanol–water partition coefficient (Wildman–Crippen LogP) is 3.47. The fraction of sp³-hybridized carbons (Fsp3) is 0.0476. The van der Waals surface area contributed by atoms with Crippen molar-refractivity contribution >= 4 is 35.0 Å². The van der Waals surface area contributed by atoms with Crippen LogP contribution >= 0.6 is 11.6 Å². The van der Waals surface area contributed by atoms with Gasteiger partial charge in [0.1, 0.15) is 0 Å². The third kappa shape index (κ3) is 3.25. The number of anilines is 1. The number of benzene rings is 2. The van der Waals surface area contributed by atoms with E-state index in [1.165, 1.54) is 18.2 Å². The quantitative estimate of drug-likeness (QED) is 0.691. The molecule has 0 saturated carbocycles. The zero-order chi connectivity index (χ0) is 19.7. The molecule has 0 aliphatic carbocycles. The number of imide groups is 1. The summed E-state index contributed by atoms with van der Waals surface area (Å²) in [6.07, 6.45) is 3.32. The van der Waals surface area contributed by atoms with Crippen LogP contribution in [-0.4, -0.2) is 22.7 Å². The molecule has 1 N–H and O–H groups in total. The summed E-state index contributed by atoms with van der Waals surface area (Å²) < 4.78 is 0. The molecule has 0 radical (unpaired) electrons. The molecular formula is C21H14ClN3O3. The van der Waals surface area contributed by atoms with Gasteiger partial charge in [0.2, 0.25) is 0 Å². The van der Waals surface area contributed by atoms with Crippen molar-refractivity contribution in [1.29, 1.82) is 0 Å². The van der Waals surface area contributed by atoms with Crippen LogP contribution in [0.25, 0.3) is 0 Å². The fourth-order valence-corrected chi connectivity index (χ4v) is 3.12. The fourth-order valence-electron chi connectivity index (χ4n) is 2.99. The number of carbonyl (C=O) groups is 3. The van der Waals surface area contributed by atoms with Crippen molar-refractivity contribution in [1.82, 2.24) is 10.3 Å². The van der Waals surface area contributed by atoms with Gasteiger partial charge in [-0.3, -0.25) is 19.4 Å². The van der Waals surface area contributed by atoms with Crippen LogP contribution in [0.1, 0.15) is 36.6 Å². The molecule has 0 fully saturated rings. The van der Waals surface area contributed by atoms with E-state index in [1.807, 2.05) is 6.07 Å². The number of rotatable bonds is 4. The number of fused-ring (bicyclic) bond motifs is 1. The number of nitrogens with zero attached hydrogens (tertiary/aromatic N) is 2. The van der Waals surface area contributed by atoms with Crippen LogP contribution in [-0.2, 0) is 6.54 Å². The van der Waals surface area contributed by atoms with E-state index < -0.39 is 11.8 Å². The van der Waals surface area contributed by atoms with Crippen molar-refractivity contribution in [2.75, 3.05) is 4.90 Å². The highest BCUT2D eigenvalue weighted by Crippen LogP contribution is 2.29. The lowest BCUT2D eigenvalue weighted by Gasteiger charge is -2.13. The Kier molecular flexibility index (Phi) is 4.63. The SMILES string of the molecule is O=C(NCc1cccnc1)c1ccc2c(c1)C(=O)N(c1ccc(Cl)cc1)C2=O. The Labute approximate surface area is 165 Å². The van der Waals surface area contributed by atoms with Crippen LogP contribution < -0.4 is 10.2 Å². The van der Waals surface area contributed by atoms with Crippen molar-refractivity contribution in [2.24, 2.45) is 0 Å². The maximum Gasteiger partial charge on any atom is 0.266 e. The zero-order valence-corrected chi connectivity index (χ0v) is 15.3. The lowest BCUT2D eigenvalue weighted by molar-refractivity contribution is 0.0923. The van der Waals surface area contributed by atoms with Gasteiger partial charge < -0.3 is 5.32 Å². The number of nitrogens with one attached hydrogen (secondary N) is 1. The van der Waals surface area contributed by atoms with Crippen molar-refractivity contribution in [3.63, 3.8) is 0 Å². The maximum atomic E-state index is 12.8. The molecule has 1 aromatic heterocycles. The lowest BCUT2D eigenvalue weighted by Crippen LogP contribution is -2.29. The van der Waals surface area contributed by atoms with E-state index in [2.05, 4.69) is 10.3 Å². The third-order valence-electron chi connectivity index (χ3n) is 4.41. The zero-order valence-electron chi connectivity index (χ0n) is 14.6. The minimum atomic E-state index is -0.468. The molecule has 4 rings (SSSR count). The van der Waals surface area contributed by atoms with Crippen molar-refractivity contribution in [3.05, 3.63) is 94.3 Å². The molecule has 0 saturated heterocycles. The predicted molar refractivity (Wildman–Crippen MR) is 104 cm³/mol. The Morgan fingerprint density at radius 1 is 1.00 bits per heavy atom. The summed E-state index contributed by atoms with van der Waals surface area (Å²) in [5.74, 6) is -1.23. The largest absolute Gasteiger partial charge is 0.348 e. The van der Waals surface area contributed by atoms with E-state index in [4.69, 9.17) is 11.6 Å². The van der Waals surface area contributed by atoms with Gasteiger partial charge in [-0.15, -0.1) is 0 Å². The van der Waals surface area contributed by atoms with Crippen LogP contribution in [0.5, 0.6) is 0 Å². The normalized spacial score (nSPS) is 12.8. The summed E-state index contributed by atoms with van der Waals surface area (Å²) in [6.45, 7) is 0.313. The van der Waals surface area contributed by atoms with Crippen LogP contribution in [0, 0.1) is 0 Å². The average Bonchev–Trinajstić information content (AvgIpc) is 2.97. The summed E-state index contributed by atoms with van der Waals surface area (Å²) >= 11 is 5.87. The highest BCUT2D eigenvalue weighted by molar-refractivity contribution is 6.35. The number of hydrogen-bond donors (Lipinski definition) is 1. The molecule has 28 heavy (non-hydrogen) atoms. The second kappa shape index (κ2) is 7.25. The summed E-state index contributed by atoms with van der Waals surface area (Å²) in [5.41, 5.74) is 2.06.